The molecule has 29 heavy (non-hydrogen) atoms. The number of carbonyl (C=O) groups excluding carboxylic acids is 2. The molecule has 0 spiro atoms. The van der Waals surface area contributed by atoms with Crippen LogP contribution in [0.15, 0.2) is 48.0 Å². The van der Waals surface area contributed by atoms with E-state index in [4.69, 9.17) is 0 Å². The summed E-state index contributed by atoms with van der Waals surface area (Å²) in [6.45, 7) is 3.92. The fourth-order valence-electron chi connectivity index (χ4n) is 4.48. The van der Waals surface area contributed by atoms with Crippen molar-refractivity contribution < 1.29 is 19.8 Å². The van der Waals surface area contributed by atoms with Crippen molar-refractivity contribution in [3.63, 3.8) is 0 Å². The molecule has 0 bridgehead atoms. The van der Waals surface area contributed by atoms with E-state index in [1.165, 1.54) is 0 Å². The van der Waals surface area contributed by atoms with E-state index in [0.717, 1.165) is 36.8 Å². The number of Topliss-reactive ketones (excluding diaryl/α,β-unsaturated/α-hetero) is 1. The fraction of sp³-hybridized carbons (Fsp3) is 0.333. The number of aromatic hydroxyl groups is 1. The van der Waals surface area contributed by atoms with Crippen molar-refractivity contribution in [2.45, 2.75) is 51.6 Å². The quantitative estimate of drug-likeness (QED) is 0.463. The molecule has 1 aliphatic heterocycles. The summed E-state index contributed by atoms with van der Waals surface area (Å²) < 4.78 is 0. The van der Waals surface area contributed by atoms with Crippen LogP contribution < -0.4 is 0 Å². The maximum atomic E-state index is 13.0. The number of aliphatic hydroxyl groups excluding tert-OH is 1. The third kappa shape index (κ3) is 3.31. The molecular weight excluding hydrogens is 366 g/mol. The van der Waals surface area contributed by atoms with Gasteiger partial charge in [0.15, 0.2) is 0 Å². The molecule has 1 aliphatic carbocycles. The van der Waals surface area contributed by atoms with E-state index < -0.39 is 17.7 Å². The molecule has 5 heteroatoms. The highest BCUT2D eigenvalue weighted by Gasteiger charge is 2.49. The lowest BCUT2D eigenvalue weighted by molar-refractivity contribution is -0.141. The van der Waals surface area contributed by atoms with E-state index in [0.29, 0.717) is 11.1 Å². The van der Waals surface area contributed by atoms with Crippen molar-refractivity contribution in [2.24, 2.45) is 0 Å². The minimum absolute atomic E-state index is 0.0381. The molecule has 2 fully saturated rings. The highest BCUT2D eigenvalue weighted by atomic mass is 16.3. The van der Waals surface area contributed by atoms with Gasteiger partial charge >= 0.3 is 0 Å². The number of phenols is 1. The van der Waals surface area contributed by atoms with Crippen LogP contribution in [0.5, 0.6) is 5.75 Å². The molecule has 1 atom stereocenters. The molecule has 5 nitrogen and oxygen atoms in total. The third-order valence-electron chi connectivity index (χ3n) is 6.16. The molecule has 2 N–H and O–H groups in total. The maximum Gasteiger partial charge on any atom is 0.295 e. The van der Waals surface area contributed by atoms with Crippen molar-refractivity contribution in [2.75, 3.05) is 0 Å². The van der Waals surface area contributed by atoms with E-state index in [-0.39, 0.29) is 23.1 Å². The van der Waals surface area contributed by atoms with Crippen LogP contribution in [0, 0.1) is 13.8 Å². The molecular formula is C24H25NO4. The number of nitrogens with zero attached hydrogens (tertiary/aromatic N) is 1. The second kappa shape index (κ2) is 7.39. The minimum Gasteiger partial charge on any atom is -0.508 e. The zero-order valence-electron chi connectivity index (χ0n) is 16.7. The Hall–Kier alpha value is -3.08. The second-order valence-corrected chi connectivity index (χ2v) is 8.04. The van der Waals surface area contributed by atoms with Gasteiger partial charge in [-0.2, -0.15) is 0 Å². The molecule has 4 rings (SSSR count). The molecule has 0 radical (unpaired) electrons. The topological polar surface area (TPSA) is 77.8 Å². The number of hydrogen-bond donors (Lipinski definition) is 2. The van der Waals surface area contributed by atoms with Crippen molar-refractivity contribution >= 4 is 17.4 Å². The van der Waals surface area contributed by atoms with Gasteiger partial charge < -0.3 is 15.1 Å². The van der Waals surface area contributed by atoms with E-state index in [2.05, 4.69) is 0 Å². The van der Waals surface area contributed by atoms with Crippen molar-refractivity contribution in [3.8, 4) is 5.75 Å². The molecule has 1 saturated heterocycles. The third-order valence-corrected chi connectivity index (χ3v) is 6.16. The van der Waals surface area contributed by atoms with Gasteiger partial charge in [0.25, 0.3) is 11.7 Å². The summed E-state index contributed by atoms with van der Waals surface area (Å²) in [5, 5.41) is 21.1. The van der Waals surface area contributed by atoms with Gasteiger partial charge in [0.05, 0.1) is 11.6 Å². The Kier molecular flexibility index (Phi) is 4.91. The van der Waals surface area contributed by atoms with Gasteiger partial charge in [-0.1, -0.05) is 37.1 Å². The number of ketones is 1. The number of aryl methyl sites for hydroxylation is 2. The first-order chi connectivity index (χ1) is 13.9. The number of phenolic OH excluding ortho intramolecular Hbond substituents is 1. The fourth-order valence-corrected chi connectivity index (χ4v) is 4.48. The SMILES string of the molecule is Cc1ccc(/C(O)=C2/C(=O)C(=O)N(C3CCCC3)C2c2cccc(O)c2)cc1C. The van der Waals surface area contributed by atoms with Gasteiger partial charge in [-0.3, -0.25) is 9.59 Å². The predicted octanol–water partition coefficient (Wildman–Crippen LogP) is 4.37. The van der Waals surface area contributed by atoms with Crippen LogP contribution >= 0.6 is 0 Å². The number of likely N-dealkylation sites (tertiary alicyclic amines) is 1. The molecule has 1 amide bonds. The summed E-state index contributed by atoms with van der Waals surface area (Å²) in [6.07, 6.45) is 3.70. The van der Waals surface area contributed by atoms with Gasteiger partial charge in [-0.05, 0) is 61.6 Å². The Morgan fingerprint density at radius 2 is 1.72 bits per heavy atom. The summed E-state index contributed by atoms with van der Waals surface area (Å²) >= 11 is 0. The number of rotatable bonds is 3. The van der Waals surface area contributed by atoms with Crippen LogP contribution in [-0.4, -0.2) is 32.8 Å². The van der Waals surface area contributed by atoms with Gasteiger partial charge in [0.1, 0.15) is 11.5 Å². The number of hydrogen-bond acceptors (Lipinski definition) is 4. The minimum atomic E-state index is -0.702. The Balaban J connectivity index is 1.90. The zero-order valence-corrected chi connectivity index (χ0v) is 16.7. The van der Waals surface area contributed by atoms with Crippen LogP contribution in [0.2, 0.25) is 0 Å². The van der Waals surface area contributed by atoms with Gasteiger partial charge in [0, 0.05) is 11.6 Å². The number of benzene rings is 2. The van der Waals surface area contributed by atoms with Gasteiger partial charge in [-0.15, -0.1) is 0 Å². The predicted molar refractivity (Wildman–Crippen MR) is 110 cm³/mol. The lowest BCUT2D eigenvalue weighted by Crippen LogP contribution is -2.37. The first-order valence-corrected chi connectivity index (χ1v) is 10.0. The highest BCUT2D eigenvalue weighted by Crippen LogP contribution is 2.44. The Bertz CT molecular complexity index is 1020. The lowest BCUT2D eigenvalue weighted by Gasteiger charge is -2.30. The molecule has 1 unspecified atom stereocenters. The maximum absolute atomic E-state index is 13.0. The van der Waals surface area contributed by atoms with E-state index >= 15 is 0 Å². The van der Waals surface area contributed by atoms with Crippen LogP contribution in [0.4, 0.5) is 0 Å². The van der Waals surface area contributed by atoms with Gasteiger partial charge in [-0.25, -0.2) is 0 Å². The van der Waals surface area contributed by atoms with Crippen molar-refractivity contribution in [1.29, 1.82) is 0 Å². The largest absolute Gasteiger partial charge is 0.508 e. The Morgan fingerprint density at radius 1 is 1.00 bits per heavy atom. The standard InChI is InChI=1S/C24H25NO4/c1-14-10-11-17(12-15(14)2)22(27)20-21(16-6-5-9-19(26)13-16)25(24(29)23(20)28)18-7-3-4-8-18/h5-6,9-13,18,21,26-27H,3-4,7-8H2,1-2H3/b22-20-. The lowest BCUT2D eigenvalue weighted by atomic mass is 9.93. The van der Waals surface area contributed by atoms with Crippen LogP contribution in [-0.2, 0) is 9.59 Å². The van der Waals surface area contributed by atoms with E-state index in [1.807, 2.05) is 26.0 Å². The van der Waals surface area contributed by atoms with Crippen molar-refractivity contribution in [3.05, 3.63) is 70.3 Å². The van der Waals surface area contributed by atoms with Crippen molar-refractivity contribution in [1.82, 2.24) is 4.90 Å². The van der Waals surface area contributed by atoms with Gasteiger partial charge in [0.2, 0.25) is 0 Å². The molecule has 0 aromatic heterocycles. The smallest absolute Gasteiger partial charge is 0.295 e. The first kappa shape index (κ1) is 19.2. The van der Waals surface area contributed by atoms with E-state index in [9.17, 15) is 19.8 Å². The summed E-state index contributed by atoms with van der Waals surface area (Å²) in [5.41, 5.74) is 3.31. The molecule has 2 aliphatic rings. The number of amides is 1. The van der Waals surface area contributed by atoms with Crippen LogP contribution in [0.1, 0.15) is 54.0 Å². The van der Waals surface area contributed by atoms with E-state index in [1.54, 1.807) is 35.2 Å². The monoisotopic (exact) mass is 391 g/mol. The Labute approximate surface area is 170 Å². The number of aliphatic hydroxyl groups is 1. The highest BCUT2D eigenvalue weighted by molar-refractivity contribution is 6.46. The Morgan fingerprint density at radius 3 is 2.38 bits per heavy atom. The average Bonchev–Trinajstić information content (AvgIpc) is 3.31. The second-order valence-electron chi connectivity index (χ2n) is 8.04. The molecule has 1 heterocycles. The first-order valence-electron chi connectivity index (χ1n) is 10.0. The number of carbonyl (C=O) groups is 2. The average molecular weight is 391 g/mol. The molecule has 2 aromatic rings. The summed E-state index contributed by atoms with van der Waals surface area (Å²) in [4.78, 5) is 27.7. The van der Waals surface area contributed by atoms with Crippen LogP contribution in [0.3, 0.4) is 0 Å². The zero-order chi connectivity index (χ0) is 20.7. The van der Waals surface area contributed by atoms with Crippen LogP contribution in [0.25, 0.3) is 5.76 Å². The summed E-state index contributed by atoms with van der Waals surface area (Å²) in [7, 11) is 0. The molecule has 2 aromatic carbocycles. The normalized spacial score (nSPS) is 21.9. The molecule has 1 saturated carbocycles. The summed E-state index contributed by atoms with van der Waals surface area (Å²) in [5.74, 6) is -1.34. The molecule has 150 valence electrons. The summed E-state index contributed by atoms with van der Waals surface area (Å²) in [6, 6.07) is 11.3.